The number of likely N-dealkylation sites (N-methyl/N-ethyl adjacent to an activating group) is 1. The van der Waals surface area contributed by atoms with Crippen molar-refractivity contribution in [2.24, 2.45) is 5.73 Å². The first-order chi connectivity index (χ1) is 9.28. The number of hydrogen-bond acceptors (Lipinski definition) is 3. The molecule has 2 rings (SSSR count). The Morgan fingerprint density at radius 2 is 1.89 bits per heavy atom. The quantitative estimate of drug-likeness (QED) is 0.806. The maximum absolute atomic E-state index is 5.37. The Bertz CT molecular complexity index is 441. The Morgan fingerprint density at radius 1 is 1.11 bits per heavy atom. The van der Waals surface area contributed by atoms with Gasteiger partial charge in [0.25, 0.3) is 0 Å². The molecule has 0 spiro atoms. The van der Waals surface area contributed by atoms with Crippen molar-refractivity contribution in [3.63, 3.8) is 0 Å². The average molecular weight is 257 g/mol. The molecule has 1 aromatic rings. The summed E-state index contributed by atoms with van der Waals surface area (Å²) >= 11 is 0. The van der Waals surface area contributed by atoms with Crippen LogP contribution in [0, 0.1) is 11.8 Å². The molecule has 0 saturated carbocycles. The predicted molar refractivity (Wildman–Crippen MR) is 79.8 cm³/mol. The van der Waals surface area contributed by atoms with Gasteiger partial charge in [-0.25, -0.2) is 0 Å². The SMILES string of the molecule is CN1CCCN(Cc2ccc(C#CCN)cc2)CC1. The van der Waals surface area contributed by atoms with Crippen LogP contribution < -0.4 is 5.73 Å². The highest BCUT2D eigenvalue weighted by atomic mass is 15.2. The van der Waals surface area contributed by atoms with Crippen molar-refractivity contribution in [1.82, 2.24) is 9.80 Å². The minimum Gasteiger partial charge on any atom is -0.320 e. The van der Waals surface area contributed by atoms with Crippen LogP contribution in [0.15, 0.2) is 24.3 Å². The molecule has 1 heterocycles. The van der Waals surface area contributed by atoms with E-state index in [0.29, 0.717) is 6.54 Å². The van der Waals surface area contributed by atoms with Gasteiger partial charge < -0.3 is 10.6 Å². The Labute approximate surface area is 116 Å². The molecule has 0 unspecified atom stereocenters. The van der Waals surface area contributed by atoms with E-state index < -0.39 is 0 Å². The third-order valence-electron chi connectivity index (χ3n) is 3.51. The topological polar surface area (TPSA) is 32.5 Å². The van der Waals surface area contributed by atoms with Gasteiger partial charge in [-0.3, -0.25) is 4.90 Å². The summed E-state index contributed by atoms with van der Waals surface area (Å²) in [7, 11) is 2.20. The lowest BCUT2D eigenvalue weighted by Gasteiger charge is -2.20. The summed E-state index contributed by atoms with van der Waals surface area (Å²) in [5, 5.41) is 0. The van der Waals surface area contributed by atoms with Crippen molar-refractivity contribution in [2.75, 3.05) is 39.8 Å². The van der Waals surface area contributed by atoms with E-state index in [1.165, 1.54) is 31.6 Å². The molecule has 102 valence electrons. The molecule has 1 aliphatic rings. The van der Waals surface area contributed by atoms with E-state index in [0.717, 1.165) is 18.7 Å². The van der Waals surface area contributed by atoms with Gasteiger partial charge in [-0.1, -0.05) is 24.0 Å². The Morgan fingerprint density at radius 3 is 2.63 bits per heavy atom. The van der Waals surface area contributed by atoms with Crippen molar-refractivity contribution in [3.05, 3.63) is 35.4 Å². The molecular weight excluding hydrogens is 234 g/mol. The van der Waals surface area contributed by atoms with Crippen molar-refractivity contribution in [1.29, 1.82) is 0 Å². The largest absolute Gasteiger partial charge is 0.320 e. The molecule has 0 aromatic heterocycles. The van der Waals surface area contributed by atoms with Gasteiger partial charge in [-0.05, 0) is 44.3 Å². The van der Waals surface area contributed by atoms with Gasteiger partial charge in [-0.15, -0.1) is 0 Å². The summed E-state index contributed by atoms with van der Waals surface area (Å²) in [6.45, 7) is 6.19. The predicted octanol–water partition coefficient (Wildman–Crippen LogP) is 1.13. The summed E-state index contributed by atoms with van der Waals surface area (Å²) in [4.78, 5) is 4.94. The highest BCUT2D eigenvalue weighted by Crippen LogP contribution is 2.09. The highest BCUT2D eigenvalue weighted by Gasteiger charge is 2.11. The van der Waals surface area contributed by atoms with E-state index in [1.54, 1.807) is 0 Å². The molecule has 0 radical (unpaired) electrons. The second-order valence-corrected chi connectivity index (χ2v) is 5.14. The first-order valence-corrected chi connectivity index (χ1v) is 6.97. The van der Waals surface area contributed by atoms with Crippen LogP contribution in [0.1, 0.15) is 17.5 Å². The highest BCUT2D eigenvalue weighted by molar-refractivity contribution is 5.36. The van der Waals surface area contributed by atoms with Gasteiger partial charge >= 0.3 is 0 Å². The van der Waals surface area contributed by atoms with Gasteiger partial charge in [0, 0.05) is 25.2 Å². The van der Waals surface area contributed by atoms with Crippen molar-refractivity contribution < 1.29 is 0 Å². The van der Waals surface area contributed by atoms with E-state index in [4.69, 9.17) is 5.73 Å². The first kappa shape index (κ1) is 14.1. The van der Waals surface area contributed by atoms with E-state index in [-0.39, 0.29) is 0 Å². The van der Waals surface area contributed by atoms with Crippen LogP contribution >= 0.6 is 0 Å². The molecular formula is C16H23N3. The van der Waals surface area contributed by atoms with Crippen LogP contribution in [0.2, 0.25) is 0 Å². The number of nitrogens with two attached hydrogens (primary N) is 1. The molecule has 3 heteroatoms. The number of hydrogen-bond donors (Lipinski definition) is 1. The molecule has 2 N–H and O–H groups in total. The van der Waals surface area contributed by atoms with Gasteiger partial charge in [0.2, 0.25) is 0 Å². The van der Waals surface area contributed by atoms with Crippen molar-refractivity contribution in [3.8, 4) is 11.8 Å². The summed E-state index contributed by atoms with van der Waals surface area (Å²) in [6, 6.07) is 8.52. The fourth-order valence-corrected chi connectivity index (χ4v) is 2.36. The lowest BCUT2D eigenvalue weighted by atomic mass is 10.1. The van der Waals surface area contributed by atoms with Crippen LogP contribution in [-0.4, -0.2) is 49.6 Å². The smallest absolute Gasteiger partial charge is 0.0555 e. The Kier molecular flexibility index (Phi) is 5.41. The molecule has 0 atom stereocenters. The van der Waals surface area contributed by atoms with Crippen LogP contribution in [0.5, 0.6) is 0 Å². The lowest BCUT2D eigenvalue weighted by molar-refractivity contribution is 0.269. The van der Waals surface area contributed by atoms with Crippen molar-refractivity contribution in [2.45, 2.75) is 13.0 Å². The van der Waals surface area contributed by atoms with Gasteiger partial charge in [0.1, 0.15) is 0 Å². The van der Waals surface area contributed by atoms with E-state index in [2.05, 4.69) is 53.0 Å². The summed E-state index contributed by atoms with van der Waals surface area (Å²) in [5.41, 5.74) is 7.78. The second kappa shape index (κ2) is 7.30. The summed E-state index contributed by atoms with van der Waals surface area (Å²) in [6.07, 6.45) is 1.26. The average Bonchev–Trinajstić information content (AvgIpc) is 2.63. The molecule has 1 fully saturated rings. The minimum absolute atomic E-state index is 0.420. The van der Waals surface area contributed by atoms with Gasteiger partial charge in [0.05, 0.1) is 6.54 Å². The molecule has 19 heavy (non-hydrogen) atoms. The Hall–Kier alpha value is -1.34. The minimum atomic E-state index is 0.420. The summed E-state index contributed by atoms with van der Waals surface area (Å²) < 4.78 is 0. The Balaban J connectivity index is 1.91. The zero-order valence-electron chi connectivity index (χ0n) is 11.7. The van der Waals surface area contributed by atoms with Crippen LogP contribution in [0.4, 0.5) is 0 Å². The molecule has 0 aliphatic carbocycles. The third-order valence-corrected chi connectivity index (χ3v) is 3.51. The van der Waals surface area contributed by atoms with Gasteiger partial charge in [0.15, 0.2) is 0 Å². The van der Waals surface area contributed by atoms with E-state index >= 15 is 0 Å². The van der Waals surface area contributed by atoms with Crippen molar-refractivity contribution >= 4 is 0 Å². The molecule has 1 saturated heterocycles. The number of benzene rings is 1. The normalized spacial score (nSPS) is 17.6. The molecule has 3 nitrogen and oxygen atoms in total. The van der Waals surface area contributed by atoms with Gasteiger partial charge in [-0.2, -0.15) is 0 Å². The number of rotatable bonds is 2. The standard InChI is InChI=1S/C16H23N3/c1-18-10-3-11-19(13-12-18)14-16-7-5-15(6-8-16)4-2-9-17/h5-8H,3,9-14,17H2,1H3. The number of nitrogens with zero attached hydrogens (tertiary/aromatic N) is 2. The molecule has 0 bridgehead atoms. The van der Waals surface area contributed by atoms with E-state index in [1.807, 2.05) is 0 Å². The maximum Gasteiger partial charge on any atom is 0.0555 e. The molecule has 1 aromatic carbocycles. The molecule has 0 amide bonds. The van der Waals surface area contributed by atoms with E-state index in [9.17, 15) is 0 Å². The molecule has 1 aliphatic heterocycles. The maximum atomic E-state index is 5.37. The zero-order valence-corrected chi connectivity index (χ0v) is 11.7. The van der Waals surface area contributed by atoms with Crippen LogP contribution in [0.3, 0.4) is 0 Å². The summed E-state index contributed by atoms with van der Waals surface area (Å²) in [5.74, 6) is 5.94. The second-order valence-electron chi connectivity index (χ2n) is 5.14. The van der Waals surface area contributed by atoms with Crippen LogP contribution in [0.25, 0.3) is 0 Å². The monoisotopic (exact) mass is 257 g/mol. The lowest BCUT2D eigenvalue weighted by Crippen LogP contribution is -2.28. The van der Waals surface area contributed by atoms with Crippen LogP contribution in [-0.2, 0) is 6.54 Å². The third kappa shape index (κ3) is 4.68. The fourth-order valence-electron chi connectivity index (χ4n) is 2.36. The zero-order chi connectivity index (χ0) is 13.5. The first-order valence-electron chi connectivity index (χ1n) is 6.97. The fraction of sp³-hybridized carbons (Fsp3) is 0.500.